The summed E-state index contributed by atoms with van der Waals surface area (Å²) in [5.74, 6) is 1.00. The van der Waals surface area contributed by atoms with Crippen molar-refractivity contribution >= 4 is 11.7 Å². The molecule has 0 saturated carbocycles. The van der Waals surface area contributed by atoms with Gasteiger partial charge >= 0.3 is 6.01 Å². The summed E-state index contributed by atoms with van der Waals surface area (Å²) in [7, 11) is 0. The second-order valence-electron chi connectivity index (χ2n) is 8.71. The topological polar surface area (TPSA) is 90.9 Å². The zero-order valence-corrected chi connectivity index (χ0v) is 19.1. The van der Waals surface area contributed by atoms with E-state index in [4.69, 9.17) is 9.68 Å². The molecule has 1 fully saturated rings. The fourth-order valence-corrected chi connectivity index (χ4v) is 4.41. The summed E-state index contributed by atoms with van der Waals surface area (Å²) in [6.45, 7) is 5.08. The lowest BCUT2D eigenvalue weighted by molar-refractivity contribution is 0.204. The number of benzene rings is 2. The Kier molecular flexibility index (Phi) is 6.32. The number of pyridine rings is 1. The maximum absolute atomic E-state index is 9.01. The van der Waals surface area contributed by atoms with Gasteiger partial charge in [-0.1, -0.05) is 29.4 Å². The molecular weight excluding hydrogens is 424 g/mol. The molecule has 5 rings (SSSR count). The Labute approximate surface area is 199 Å². The molecule has 0 radical (unpaired) electrons. The molecule has 0 aliphatic carbocycles. The van der Waals surface area contributed by atoms with E-state index in [0.717, 1.165) is 54.9 Å². The molecule has 2 aromatic heterocycles. The van der Waals surface area contributed by atoms with Crippen LogP contribution in [0.1, 0.15) is 41.0 Å². The molecule has 1 saturated heterocycles. The van der Waals surface area contributed by atoms with E-state index < -0.39 is 0 Å². The van der Waals surface area contributed by atoms with Crippen LogP contribution in [0.25, 0.3) is 11.5 Å². The number of piperidine rings is 1. The maximum Gasteiger partial charge on any atom is 0.320 e. The third-order valence-electron chi connectivity index (χ3n) is 6.38. The second-order valence-corrected chi connectivity index (χ2v) is 8.71. The van der Waals surface area contributed by atoms with Crippen molar-refractivity contribution in [1.29, 1.82) is 5.26 Å². The van der Waals surface area contributed by atoms with Gasteiger partial charge in [0.2, 0.25) is 0 Å². The quantitative estimate of drug-likeness (QED) is 0.418. The van der Waals surface area contributed by atoms with Gasteiger partial charge in [0.15, 0.2) is 0 Å². The lowest BCUT2D eigenvalue weighted by Crippen LogP contribution is -2.32. The Bertz CT molecular complexity index is 1280. The van der Waals surface area contributed by atoms with Gasteiger partial charge in [0.05, 0.1) is 17.2 Å². The Balaban J connectivity index is 1.21. The summed E-state index contributed by atoms with van der Waals surface area (Å²) in [5.41, 5.74) is 6.18. The molecule has 170 valence electrons. The normalized spacial score (nSPS) is 14.6. The molecule has 7 heteroatoms. The number of nitrogens with one attached hydrogen (secondary N) is 1. The summed E-state index contributed by atoms with van der Waals surface area (Å²) in [6, 6.07) is 20.8. The summed E-state index contributed by atoms with van der Waals surface area (Å²) in [4.78, 5) is 6.60. The van der Waals surface area contributed by atoms with Crippen molar-refractivity contribution in [3.8, 4) is 17.5 Å². The van der Waals surface area contributed by atoms with Crippen LogP contribution < -0.4 is 5.32 Å². The van der Waals surface area contributed by atoms with Crippen LogP contribution in [0.15, 0.2) is 71.4 Å². The minimum absolute atomic E-state index is 0.363. The van der Waals surface area contributed by atoms with E-state index in [9.17, 15) is 0 Å². The van der Waals surface area contributed by atoms with Crippen LogP contribution >= 0.6 is 0 Å². The van der Waals surface area contributed by atoms with Crippen molar-refractivity contribution in [3.05, 3.63) is 89.2 Å². The number of hydrogen-bond acceptors (Lipinski definition) is 7. The molecule has 2 aromatic carbocycles. The Morgan fingerprint density at radius 1 is 1.09 bits per heavy atom. The standard InChI is InChI=1S/C27H26N6O/c1-19-4-5-21(15-25(19)30-27-32-31-26(34-27)24-3-2-12-29-17-24)18-33-13-10-23(11-14-33)22-8-6-20(16-28)7-9-22/h2-9,12,15,17,23H,10-11,13-14,18H2,1H3,(H,30,32). The van der Waals surface area contributed by atoms with Gasteiger partial charge in [-0.15, -0.1) is 5.10 Å². The Morgan fingerprint density at radius 3 is 2.65 bits per heavy atom. The third-order valence-corrected chi connectivity index (χ3v) is 6.38. The van der Waals surface area contributed by atoms with E-state index in [2.05, 4.69) is 68.7 Å². The predicted octanol–water partition coefficient (Wildman–Crippen LogP) is 5.43. The van der Waals surface area contributed by atoms with Gasteiger partial charge in [0.1, 0.15) is 0 Å². The van der Waals surface area contributed by atoms with Crippen molar-refractivity contribution < 1.29 is 4.42 Å². The maximum atomic E-state index is 9.01. The van der Waals surface area contributed by atoms with Crippen LogP contribution in [-0.4, -0.2) is 33.2 Å². The Morgan fingerprint density at radius 2 is 1.91 bits per heavy atom. The second kappa shape index (κ2) is 9.86. The number of aromatic nitrogens is 3. The molecule has 0 amide bonds. The van der Waals surface area contributed by atoms with Crippen molar-refractivity contribution in [1.82, 2.24) is 20.1 Å². The van der Waals surface area contributed by atoms with E-state index in [0.29, 0.717) is 17.8 Å². The monoisotopic (exact) mass is 450 g/mol. The van der Waals surface area contributed by atoms with Gasteiger partial charge in [-0.25, -0.2) is 0 Å². The molecule has 34 heavy (non-hydrogen) atoms. The van der Waals surface area contributed by atoms with Crippen molar-refractivity contribution in [3.63, 3.8) is 0 Å². The molecule has 0 atom stereocenters. The van der Waals surface area contributed by atoms with Crippen molar-refractivity contribution in [2.45, 2.75) is 32.2 Å². The van der Waals surface area contributed by atoms with Gasteiger partial charge in [-0.2, -0.15) is 5.26 Å². The van der Waals surface area contributed by atoms with E-state index in [1.807, 2.05) is 24.3 Å². The first-order chi connectivity index (χ1) is 16.7. The van der Waals surface area contributed by atoms with Crippen LogP contribution in [0.2, 0.25) is 0 Å². The third kappa shape index (κ3) is 4.98. The first kappa shape index (κ1) is 21.8. The molecule has 0 spiro atoms. The zero-order valence-electron chi connectivity index (χ0n) is 19.1. The first-order valence-corrected chi connectivity index (χ1v) is 11.5. The Hall–Kier alpha value is -4.02. The number of aryl methyl sites for hydroxylation is 1. The van der Waals surface area contributed by atoms with Crippen LogP contribution in [0.5, 0.6) is 0 Å². The largest absolute Gasteiger partial charge is 0.403 e. The smallest absolute Gasteiger partial charge is 0.320 e. The molecular formula is C27H26N6O. The number of rotatable bonds is 6. The molecule has 0 bridgehead atoms. The number of nitriles is 1. The fraction of sp³-hybridized carbons (Fsp3) is 0.259. The minimum Gasteiger partial charge on any atom is -0.403 e. The van der Waals surface area contributed by atoms with Crippen LogP contribution in [0, 0.1) is 18.3 Å². The average Bonchev–Trinajstić information content (AvgIpc) is 3.36. The predicted molar refractivity (Wildman–Crippen MR) is 130 cm³/mol. The molecule has 4 aromatic rings. The highest BCUT2D eigenvalue weighted by molar-refractivity contribution is 5.60. The molecule has 7 nitrogen and oxygen atoms in total. The highest BCUT2D eigenvalue weighted by Gasteiger charge is 2.21. The van der Waals surface area contributed by atoms with Crippen molar-refractivity contribution in [2.75, 3.05) is 18.4 Å². The zero-order chi connectivity index (χ0) is 23.3. The van der Waals surface area contributed by atoms with Gasteiger partial charge in [0.25, 0.3) is 5.89 Å². The summed E-state index contributed by atoms with van der Waals surface area (Å²) < 4.78 is 5.79. The summed E-state index contributed by atoms with van der Waals surface area (Å²) in [5, 5.41) is 20.5. The molecule has 1 N–H and O–H groups in total. The van der Waals surface area contributed by atoms with Crippen LogP contribution in [0.4, 0.5) is 11.7 Å². The molecule has 0 unspecified atom stereocenters. The molecule has 3 heterocycles. The molecule has 1 aliphatic rings. The van der Waals surface area contributed by atoms with Gasteiger partial charge < -0.3 is 9.73 Å². The lowest BCUT2D eigenvalue weighted by Gasteiger charge is -2.32. The SMILES string of the molecule is Cc1ccc(CN2CCC(c3ccc(C#N)cc3)CC2)cc1Nc1nnc(-c2cccnc2)o1. The highest BCUT2D eigenvalue weighted by atomic mass is 16.4. The van der Waals surface area contributed by atoms with Gasteiger partial charge in [-0.05, 0) is 85.8 Å². The van der Waals surface area contributed by atoms with Crippen LogP contribution in [-0.2, 0) is 6.54 Å². The van der Waals surface area contributed by atoms with Gasteiger partial charge in [-0.3, -0.25) is 9.88 Å². The number of likely N-dealkylation sites (tertiary alicyclic amines) is 1. The first-order valence-electron chi connectivity index (χ1n) is 11.5. The molecule has 1 aliphatic heterocycles. The number of anilines is 2. The van der Waals surface area contributed by atoms with Crippen LogP contribution in [0.3, 0.4) is 0 Å². The van der Waals surface area contributed by atoms with Crippen molar-refractivity contribution in [2.24, 2.45) is 0 Å². The minimum atomic E-state index is 0.363. The van der Waals surface area contributed by atoms with E-state index in [-0.39, 0.29) is 0 Å². The summed E-state index contributed by atoms with van der Waals surface area (Å²) in [6.07, 6.45) is 5.67. The number of nitrogens with zero attached hydrogens (tertiary/aromatic N) is 5. The van der Waals surface area contributed by atoms with E-state index in [1.165, 1.54) is 11.1 Å². The average molecular weight is 451 g/mol. The van der Waals surface area contributed by atoms with E-state index in [1.54, 1.807) is 12.4 Å². The summed E-state index contributed by atoms with van der Waals surface area (Å²) >= 11 is 0. The fourth-order valence-electron chi connectivity index (χ4n) is 4.41. The highest BCUT2D eigenvalue weighted by Crippen LogP contribution is 2.30. The number of hydrogen-bond donors (Lipinski definition) is 1. The van der Waals surface area contributed by atoms with Gasteiger partial charge in [0, 0.05) is 24.6 Å². The van der Waals surface area contributed by atoms with E-state index >= 15 is 0 Å². The lowest BCUT2D eigenvalue weighted by atomic mass is 9.89.